The number of benzene rings is 1. The van der Waals surface area contributed by atoms with E-state index >= 15 is 4.39 Å². The first-order chi connectivity index (χ1) is 13.9. The number of aromatic nitrogens is 1. The zero-order chi connectivity index (χ0) is 20.3. The molecular weight excluding hydrogens is 405 g/mol. The van der Waals surface area contributed by atoms with Gasteiger partial charge in [0.2, 0.25) is 5.43 Å². The van der Waals surface area contributed by atoms with Crippen molar-refractivity contribution in [2.45, 2.75) is 31.0 Å². The number of carbonyl (C=O) groups is 1. The van der Waals surface area contributed by atoms with Crippen LogP contribution in [0.15, 0.2) is 17.1 Å². The summed E-state index contributed by atoms with van der Waals surface area (Å²) in [6.45, 7) is 2.39. The molecule has 2 N–H and O–H groups in total. The van der Waals surface area contributed by atoms with Gasteiger partial charge in [-0.25, -0.2) is 9.18 Å². The zero-order valence-electron chi connectivity index (χ0n) is 15.4. The molecule has 10 heteroatoms. The lowest BCUT2D eigenvalue weighted by Gasteiger charge is -2.25. The summed E-state index contributed by atoms with van der Waals surface area (Å²) >= 11 is 6.67. The number of ether oxygens (including phenoxy) is 2. The van der Waals surface area contributed by atoms with E-state index in [1.165, 1.54) is 6.20 Å². The molecular formula is C19H19ClFN3O5. The Morgan fingerprint density at radius 3 is 2.86 bits per heavy atom. The van der Waals surface area contributed by atoms with Gasteiger partial charge in [0, 0.05) is 25.7 Å². The highest BCUT2D eigenvalue weighted by molar-refractivity contribution is 6.38. The van der Waals surface area contributed by atoms with Crippen LogP contribution in [0.2, 0.25) is 5.02 Å². The Bertz CT molecular complexity index is 1060. The first-order valence-electron chi connectivity index (χ1n) is 9.51. The monoisotopic (exact) mass is 423 g/mol. The van der Waals surface area contributed by atoms with Gasteiger partial charge in [-0.05, 0) is 18.9 Å². The van der Waals surface area contributed by atoms with Gasteiger partial charge in [0.1, 0.15) is 5.82 Å². The van der Waals surface area contributed by atoms with Crippen molar-refractivity contribution in [3.8, 4) is 5.75 Å². The van der Waals surface area contributed by atoms with Crippen molar-refractivity contribution in [1.29, 1.82) is 0 Å². The third-order valence-electron chi connectivity index (χ3n) is 5.71. The molecule has 3 aliphatic rings. The molecule has 0 radical (unpaired) electrons. The summed E-state index contributed by atoms with van der Waals surface area (Å²) in [5.41, 5.74) is -0.0662. The van der Waals surface area contributed by atoms with Crippen LogP contribution in [0.1, 0.15) is 18.9 Å². The summed E-state index contributed by atoms with van der Waals surface area (Å²) in [4.78, 5) is 25.5. The lowest BCUT2D eigenvalue weighted by molar-refractivity contribution is 0.0212. The Morgan fingerprint density at radius 1 is 1.38 bits per heavy atom. The maximum absolute atomic E-state index is 15.1. The Morgan fingerprint density at radius 2 is 2.17 bits per heavy atom. The second-order valence-electron chi connectivity index (χ2n) is 7.62. The number of hydrogen-bond acceptors (Lipinski definition) is 6. The number of nitrogens with zero attached hydrogens (tertiary/aromatic N) is 2. The third kappa shape index (κ3) is 3.13. The van der Waals surface area contributed by atoms with Crippen molar-refractivity contribution in [2.75, 3.05) is 31.1 Å². The lowest BCUT2D eigenvalue weighted by Crippen LogP contribution is -2.47. The number of nitrogens with one attached hydrogen (secondary N) is 1. The molecule has 5 rings (SSSR count). The summed E-state index contributed by atoms with van der Waals surface area (Å²) in [6, 6.07) is 1.28. The van der Waals surface area contributed by atoms with E-state index in [0.717, 1.165) is 25.5 Å². The smallest absolute Gasteiger partial charge is 0.449 e. The average molecular weight is 424 g/mol. The summed E-state index contributed by atoms with van der Waals surface area (Å²) < 4.78 is 27.3. The topological polar surface area (TPSA) is 93.0 Å². The molecule has 8 nitrogen and oxygen atoms in total. The van der Waals surface area contributed by atoms with Gasteiger partial charge in [-0.2, -0.15) is 0 Å². The van der Waals surface area contributed by atoms with Crippen molar-refractivity contribution < 1.29 is 23.8 Å². The highest BCUT2D eigenvalue weighted by Crippen LogP contribution is 2.43. The summed E-state index contributed by atoms with van der Waals surface area (Å²) in [6.07, 6.45) is 1.43. The van der Waals surface area contributed by atoms with Crippen LogP contribution in [0.5, 0.6) is 5.75 Å². The summed E-state index contributed by atoms with van der Waals surface area (Å²) in [7, 11) is 0. The van der Waals surface area contributed by atoms with E-state index in [2.05, 4.69) is 10.1 Å². The Kier molecular flexibility index (Phi) is 4.41. The van der Waals surface area contributed by atoms with Crippen LogP contribution in [0.4, 0.5) is 14.9 Å². The van der Waals surface area contributed by atoms with E-state index in [4.69, 9.17) is 21.4 Å². The fourth-order valence-electron chi connectivity index (χ4n) is 4.28. The van der Waals surface area contributed by atoms with Crippen LogP contribution in [0, 0.1) is 5.82 Å². The number of anilines is 1. The van der Waals surface area contributed by atoms with Gasteiger partial charge in [-0.15, -0.1) is 0 Å². The second kappa shape index (κ2) is 6.86. The molecule has 0 bridgehead atoms. The molecule has 1 aromatic heterocycles. The molecule has 1 aromatic carbocycles. The van der Waals surface area contributed by atoms with Gasteiger partial charge < -0.3 is 29.4 Å². The fraction of sp³-hybridized carbons (Fsp3) is 0.474. The van der Waals surface area contributed by atoms with Gasteiger partial charge in [0.05, 0.1) is 46.6 Å². The van der Waals surface area contributed by atoms with Crippen molar-refractivity contribution in [3.63, 3.8) is 0 Å². The van der Waals surface area contributed by atoms with E-state index in [0.29, 0.717) is 25.2 Å². The predicted octanol–water partition coefficient (Wildman–Crippen LogP) is 2.36. The molecule has 0 unspecified atom stereocenters. The maximum atomic E-state index is 15.1. The Labute approximate surface area is 169 Å². The van der Waals surface area contributed by atoms with E-state index in [-0.39, 0.29) is 40.0 Å². The van der Waals surface area contributed by atoms with Gasteiger partial charge in [0.15, 0.2) is 5.75 Å². The van der Waals surface area contributed by atoms with Crippen LogP contribution in [0.3, 0.4) is 0 Å². The van der Waals surface area contributed by atoms with Crippen molar-refractivity contribution in [1.82, 2.24) is 9.88 Å². The number of carboxylic acid groups (broad SMARTS) is 1. The number of fused-ring (bicyclic) bond motifs is 2. The van der Waals surface area contributed by atoms with Gasteiger partial charge in [-0.3, -0.25) is 4.79 Å². The van der Waals surface area contributed by atoms with E-state index < -0.39 is 17.4 Å². The molecule has 2 aliphatic heterocycles. The molecule has 3 heterocycles. The second-order valence-corrected chi connectivity index (χ2v) is 8.00. The number of rotatable bonds is 3. The highest BCUT2D eigenvalue weighted by atomic mass is 35.5. The molecule has 3 fully saturated rings. The molecule has 29 heavy (non-hydrogen) atoms. The largest absolute Gasteiger partial charge is 0.511 e. The minimum atomic E-state index is -1.60. The van der Waals surface area contributed by atoms with Gasteiger partial charge in [0.25, 0.3) is 0 Å². The lowest BCUT2D eigenvalue weighted by atomic mass is 10.1. The van der Waals surface area contributed by atoms with Crippen molar-refractivity contribution in [2.24, 2.45) is 0 Å². The van der Waals surface area contributed by atoms with Crippen LogP contribution >= 0.6 is 11.6 Å². The molecule has 0 spiro atoms. The van der Waals surface area contributed by atoms with Crippen LogP contribution in [0.25, 0.3) is 10.9 Å². The highest BCUT2D eigenvalue weighted by Gasteiger charge is 2.38. The predicted molar refractivity (Wildman–Crippen MR) is 104 cm³/mol. The minimum Gasteiger partial charge on any atom is -0.449 e. The molecule has 2 saturated heterocycles. The van der Waals surface area contributed by atoms with E-state index in [1.807, 2.05) is 4.90 Å². The number of morpholine rings is 1. The third-order valence-corrected chi connectivity index (χ3v) is 6.07. The standard InChI is InChI=1S/C19H19ClFN3O5/c20-15-16-10(18(25)14(29-19(26)27)8-24(16)9-1-2-9)5-11(21)17(15)23-6-12-13(7-23)28-4-3-22-12/h5,8-9,12-13,22H,1-4,6-7H2,(H,26,27)/t12-,13+/m0/s1. The minimum absolute atomic E-state index is 0.00730. The van der Waals surface area contributed by atoms with Crippen LogP contribution < -0.4 is 20.4 Å². The van der Waals surface area contributed by atoms with Gasteiger partial charge >= 0.3 is 6.16 Å². The maximum Gasteiger partial charge on any atom is 0.511 e. The first kappa shape index (κ1) is 18.7. The summed E-state index contributed by atoms with van der Waals surface area (Å²) in [5, 5.41) is 12.4. The van der Waals surface area contributed by atoms with E-state index in [9.17, 15) is 9.59 Å². The van der Waals surface area contributed by atoms with Crippen LogP contribution in [-0.4, -0.2) is 54.2 Å². The van der Waals surface area contributed by atoms with Crippen molar-refractivity contribution in [3.05, 3.63) is 33.3 Å². The SMILES string of the molecule is O=C(O)Oc1cn(C2CC2)c2c(Cl)c(N3C[C@@H]4NCCO[C@@H]4C3)c(F)cc2c1=O. The Balaban J connectivity index is 1.67. The molecule has 1 aliphatic carbocycles. The zero-order valence-corrected chi connectivity index (χ0v) is 16.1. The normalized spacial score (nSPS) is 24.0. The number of hydrogen-bond donors (Lipinski definition) is 2. The molecule has 2 aromatic rings. The van der Waals surface area contributed by atoms with Gasteiger partial charge in [-0.1, -0.05) is 11.6 Å². The van der Waals surface area contributed by atoms with Crippen LogP contribution in [-0.2, 0) is 4.74 Å². The molecule has 2 atom stereocenters. The quantitative estimate of drug-likeness (QED) is 0.732. The summed E-state index contributed by atoms with van der Waals surface area (Å²) in [5.74, 6) is -0.988. The fourth-order valence-corrected chi connectivity index (χ4v) is 4.69. The van der Waals surface area contributed by atoms with Crippen molar-refractivity contribution >= 4 is 34.3 Å². The Hall–Kier alpha value is -2.36. The average Bonchev–Trinajstić information content (AvgIpc) is 3.43. The number of pyridine rings is 1. The first-order valence-corrected chi connectivity index (χ1v) is 9.89. The molecule has 0 amide bonds. The molecule has 154 valence electrons. The van der Waals surface area contributed by atoms with E-state index in [1.54, 1.807) is 4.57 Å². The molecule has 1 saturated carbocycles. The number of halogens is 2.